The van der Waals surface area contributed by atoms with Crippen molar-refractivity contribution in [2.24, 2.45) is 11.7 Å². The average molecular weight is 241 g/mol. The molecule has 0 spiro atoms. The highest BCUT2D eigenvalue weighted by atomic mass is 32.1. The van der Waals surface area contributed by atoms with Crippen molar-refractivity contribution in [3.05, 3.63) is 16.6 Å². The first-order valence-corrected chi connectivity index (χ1v) is 6.53. The molecule has 0 aliphatic carbocycles. The molecule has 1 rings (SSSR count). The summed E-state index contributed by atoms with van der Waals surface area (Å²) in [6.45, 7) is 3.25. The summed E-state index contributed by atoms with van der Waals surface area (Å²) in [5.74, 6) is 0.169. The molecule has 1 unspecified atom stereocenters. The Labute approximate surface area is 100 Å². The van der Waals surface area contributed by atoms with Crippen LogP contribution >= 0.6 is 11.3 Å². The fraction of sp³-hybridized carbons (Fsp3) is 0.636. The summed E-state index contributed by atoms with van der Waals surface area (Å²) in [6, 6.07) is 0. The summed E-state index contributed by atoms with van der Waals surface area (Å²) >= 11 is 1.58. The zero-order valence-electron chi connectivity index (χ0n) is 9.61. The second-order valence-electron chi connectivity index (χ2n) is 3.85. The minimum absolute atomic E-state index is 0.0546. The van der Waals surface area contributed by atoms with Crippen LogP contribution in [0.4, 0.5) is 0 Å². The number of aromatic nitrogens is 1. The average Bonchev–Trinajstić information content (AvgIpc) is 2.78. The Morgan fingerprint density at radius 2 is 2.50 bits per heavy atom. The van der Waals surface area contributed by atoms with E-state index in [0.717, 1.165) is 25.0 Å². The van der Waals surface area contributed by atoms with Crippen LogP contribution in [-0.4, -0.2) is 24.0 Å². The van der Waals surface area contributed by atoms with Crippen molar-refractivity contribution in [3.63, 3.8) is 0 Å². The van der Waals surface area contributed by atoms with Crippen molar-refractivity contribution >= 4 is 17.2 Å². The van der Waals surface area contributed by atoms with E-state index in [-0.39, 0.29) is 11.8 Å². The van der Waals surface area contributed by atoms with E-state index in [9.17, 15) is 4.79 Å². The highest BCUT2D eigenvalue weighted by molar-refractivity contribution is 7.07. The van der Waals surface area contributed by atoms with E-state index in [4.69, 9.17) is 5.73 Å². The van der Waals surface area contributed by atoms with E-state index < -0.39 is 0 Å². The van der Waals surface area contributed by atoms with Crippen LogP contribution in [0.5, 0.6) is 0 Å². The van der Waals surface area contributed by atoms with Gasteiger partial charge in [0.15, 0.2) is 0 Å². The van der Waals surface area contributed by atoms with Gasteiger partial charge in [-0.3, -0.25) is 4.79 Å². The summed E-state index contributed by atoms with van der Waals surface area (Å²) in [4.78, 5) is 15.8. The molecule has 90 valence electrons. The Balaban J connectivity index is 2.14. The Bertz CT molecular complexity index is 300. The number of carbonyl (C=O) groups is 1. The lowest BCUT2D eigenvalue weighted by atomic mass is 10.1. The van der Waals surface area contributed by atoms with Crippen molar-refractivity contribution < 1.29 is 4.79 Å². The number of nitrogens with zero attached hydrogens (tertiary/aromatic N) is 1. The summed E-state index contributed by atoms with van der Waals surface area (Å²) in [7, 11) is 0. The van der Waals surface area contributed by atoms with Crippen LogP contribution in [0.15, 0.2) is 10.9 Å². The van der Waals surface area contributed by atoms with Gasteiger partial charge in [0.2, 0.25) is 5.91 Å². The lowest BCUT2D eigenvalue weighted by Crippen LogP contribution is -2.31. The molecule has 1 aromatic heterocycles. The molecular formula is C11H19N3OS. The lowest BCUT2D eigenvalue weighted by Gasteiger charge is -2.10. The number of hydrogen-bond donors (Lipinski definition) is 2. The van der Waals surface area contributed by atoms with Crippen LogP contribution in [0.1, 0.15) is 25.5 Å². The fourth-order valence-electron chi connectivity index (χ4n) is 1.40. The summed E-state index contributed by atoms with van der Waals surface area (Å²) < 4.78 is 0. The Morgan fingerprint density at radius 1 is 1.69 bits per heavy atom. The molecule has 1 aromatic rings. The molecule has 0 aliphatic rings. The van der Waals surface area contributed by atoms with Crippen molar-refractivity contribution in [2.75, 3.05) is 13.1 Å². The SMILES string of the molecule is CC(CCCN)C(=O)NCCc1cscn1. The third-order valence-electron chi connectivity index (χ3n) is 2.45. The maximum absolute atomic E-state index is 11.6. The second kappa shape index (κ2) is 7.35. The number of thiazole rings is 1. The van der Waals surface area contributed by atoms with Gasteiger partial charge in [-0.05, 0) is 19.4 Å². The van der Waals surface area contributed by atoms with E-state index in [1.54, 1.807) is 16.8 Å². The van der Waals surface area contributed by atoms with Crippen LogP contribution in [0.3, 0.4) is 0 Å². The van der Waals surface area contributed by atoms with E-state index in [2.05, 4.69) is 10.3 Å². The summed E-state index contributed by atoms with van der Waals surface area (Å²) in [6.07, 6.45) is 2.57. The molecule has 5 heteroatoms. The predicted octanol–water partition coefficient (Wildman–Crippen LogP) is 1.18. The molecule has 1 amide bonds. The molecule has 0 saturated carbocycles. The van der Waals surface area contributed by atoms with E-state index in [0.29, 0.717) is 13.1 Å². The third-order valence-corrected chi connectivity index (χ3v) is 3.09. The van der Waals surface area contributed by atoms with Crippen molar-refractivity contribution in [3.8, 4) is 0 Å². The zero-order valence-corrected chi connectivity index (χ0v) is 10.4. The molecule has 0 fully saturated rings. The van der Waals surface area contributed by atoms with E-state index in [1.165, 1.54) is 0 Å². The van der Waals surface area contributed by atoms with Gasteiger partial charge < -0.3 is 11.1 Å². The first-order chi connectivity index (χ1) is 7.74. The number of hydrogen-bond acceptors (Lipinski definition) is 4. The van der Waals surface area contributed by atoms with E-state index >= 15 is 0 Å². The number of rotatable bonds is 7. The minimum atomic E-state index is 0.0546. The van der Waals surface area contributed by atoms with Gasteiger partial charge in [-0.25, -0.2) is 4.98 Å². The number of nitrogens with one attached hydrogen (secondary N) is 1. The van der Waals surface area contributed by atoms with Crippen LogP contribution in [0.25, 0.3) is 0 Å². The third kappa shape index (κ3) is 4.72. The molecule has 1 heterocycles. The van der Waals surface area contributed by atoms with Crippen molar-refractivity contribution in [2.45, 2.75) is 26.2 Å². The predicted molar refractivity (Wildman–Crippen MR) is 66.3 cm³/mol. The monoisotopic (exact) mass is 241 g/mol. The molecule has 0 radical (unpaired) electrons. The zero-order chi connectivity index (χ0) is 11.8. The standard InChI is InChI=1S/C11H19N3OS/c1-9(3-2-5-12)11(15)13-6-4-10-7-16-8-14-10/h7-9H,2-6,12H2,1H3,(H,13,15). The topological polar surface area (TPSA) is 68.0 Å². The highest BCUT2D eigenvalue weighted by Gasteiger charge is 2.11. The van der Waals surface area contributed by atoms with Gasteiger partial charge >= 0.3 is 0 Å². The maximum Gasteiger partial charge on any atom is 0.222 e. The van der Waals surface area contributed by atoms with Crippen molar-refractivity contribution in [1.82, 2.24) is 10.3 Å². The van der Waals surface area contributed by atoms with Crippen LogP contribution in [0, 0.1) is 5.92 Å². The quantitative estimate of drug-likeness (QED) is 0.753. The molecule has 0 aromatic carbocycles. The van der Waals surface area contributed by atoms with Crippen LogP contribution in [-0.2, 0) is 11.2 Å². The Hall–Kier alpha value is -0.940. The first-order valence-electron chi connectivity index (χ1n) is 5.59. The summed E-state index contributed by atoms with van der Waals surface area (Å²) in [5.41, 5.74) is 8.25. The normalized spacial score (nSPS) is 12.4. The van der Waals surface area contributed by atoms with Gasteiger partial charge in [0.25, 0.3) is 0 Å². The largest absolute Gasteiger partial charge is 0.355 e. The summed E-state index contributed by atoms with van der Waals surface area (Å²) in [5, 5.41) is 4.92. The number of nitrogens with two attached hydrogens (primary N) is 1. The lowest BCUT2D eigenvalue weighted by molar-refractivity contribution is -0.124. The van der Waals surface area contributed by atoms with Crippen LogP contribution < -0.4 is 11.1 Å². The Kier molecular flexibility index (Phi) is 6.03. The van der Waals surface area contributed by atoms with Gasteiger partial charge in [-0.1, -0.05) is 6.92 Å². The smallest absolute Gasteiger partial charge is 0.222 e. The second-order valence-corrected chi connectivity index (χ2v) is 4.57. The number of amides is 1. The molecule has 0 aliphatic heterocycles. The molecular weight excluding hydrogens is 222 g/mol. The molecule has 4 nitrogen and oxygen atoms in total. The highest BCUT2D eigenvalue weighted by Crippen LogP contribution is 2.05. The van der Waals surface area contributed by atoms with Gasteiger partial charge in [0.05, 0.1) is 11.2 Å². The molecule has 3 N–H and O–H groups in total. The molecule has 16 heavy (non-hydrogen) atoms. The van der Waals surface area contributed by atoms with Gasteiger partial charge in [0.1, 0.15) is 0 Å². The minimum Gasteiger partial charge on any atom is -0.355 e. The maximum atomic E-state index is 11.6. The molecule has 1 atom stereocenters. The van der Waals surface area contributed by atoms with Crippen molar-refractivity contribution in [1.29, 1.82) is 0 Å². The van der Waals surface area contributed by atoms with Gasteiger partial charge in [-0.15, -0.1) is 11.3 Å². The Morgan fingerprint density at radius 3 is 3.12 bits per heavy atom. The molecule has 0 saturated heterocycles. The molecule has 0 bridgehead atoms. The van der Waals surface area contributed by atoms with E-state index in [1.807, 2.05) is 12.3 Å². The first kappa shape index (κ1) is 13.1. The van der Waals surface area contributed by atoms with Gasteiger partial charge in [-0.2, -0.15) is 0 Å². The van der Waals surface area contributed by atoms with Crippen LogP contribution in [0.2, 0.25) is 0 Å². The number of carbonyl (C=O) groups excluding carboxylic acids is 1. The fourth-order valence-corrected chi connectivity index (χ4v) is 2.00. The van der Waals surface area contributed by atoms with Gasteiger partial charge in [0, 0.05) is 24.3 Å².